The monoisotopic (exact) mass is 747 g/mol. The Kier molecular flexibility index (Phi) is 43.0. The maximum Gasteiger partial charge on any atom is 1.00 e. The fourth-order valence-corrected chi connectivity index (χ4v) is 1.91. The van der Waals surface area contributed by atoms with E-state index < -0.39 is 103 Å². The van der Waals surface area contributed by atoms with Gasteiger partial charge in [-0.25, -0.2) is 20.7 Å². The second-order valence-electron chi connectivity index (χ2n) is 7.38. The van der Waals surface area contributed by atoms with Gasteiger partial charge in [-0.1, -0.05) is 0 Å². The topological polar surface area (TPSA) is 485 Å². The van der Waals surface area contributed by atoms with Crippen molar-refractivity contribution >= 4 is 36.1 Å². The molecular formula is C18H30K3O24+. The van der Waals surface area contributed by atoms with Crippen molar-refractivity contribution in [3.05, 3.63) is 0 Å². The van der Waals surface area contributed by atoms with Crippen LogP contribution in [0.1, 0.15) is 0 Å². The van der Waals surface area contributed by atoms with E-state index in [1.54, 1.807) is 0 Å². The molecule has 0 bridgehead atoms. The van der Waals surface area contributed by atoms with Gasteiger partial charge < -0.3 is 107 Å². The Morgan fingerprint density at radius 3 is 0.756 bits per heavy atom. The third kappa shape index (κ3) is 24.2. The average molecular weight is 748 g/mol. The molecule has 0 radical (unpaired) electrons. The van der Waals surface area contributed by atoms with E-state index in [1.165, 1.54) is 0 Å². The number of aliphatic carboxylic acids is 5. The standard InChI is InChI=1S/2C6H10O8.C6H9O7.3K.H2O/c2*7-1(3(9)5(11)12)2(8)4(10)6(13)14;7-1-2(8)3(9)4(10)5(11)6(12)13;;;;/h2*1-4,7-10H,(H,11,12)(H,13,14);2-5,8-11H,(H,12,13);;;;1H2/q;;-1;3*+1;/p-1. The molecule has 12 atom stereocenters. The summed E-state index contributed by atoms with van der Waals surface area (Å²) in [6.07, 6.45) is -26.7. The molecule has 0 spiro atoms. The molecule has 0 aromatic rings. The van der Waals surface area contributed by atoms with E-state index in [4.69, 9.17) is 76.6 Å². The van der Waals surface area contributed by atoms with E-state index in [0.29, 0.717) is 0 Å². The van der Waals surface area contributed by atoms with Gasteiger partial charge in [0.25, 0.3) is 0 Å². The molecular weight excluding hydrogens is 717 g/mol. The van der Waals surface area contributed by atoms with Gasteiger partial charge in [-0.2, -0.15) is 0 Å². The maximum atomic E-state index is 10.1. The summed E-state index contributed by atoms with van der Waals surface area (Å²) >= 11 is 0. The largest absolute Gasteiger partial charge is 1.00 e. The van der Waals surface area contributed by atoms with Crippen molar-refractivity contribution in [1.29, 1.82) is 0 Å². The molecule has 24 nitrogen and oxygen atoms in total. The van der Waals surface area contributed by atoms with E-state index in [0.717, 1.165) is 6.29 Å². The van der Waals surface area contributed by atoms with Crippen LogP contribution in [-0.4, -0.2) is 186 Å². The predicted octanol–water partition coefficient (Wildman–Crippen LogP) is -22.8. The molecule has 18 N–H and O–H groups in total. The maximum absolute atomic E-state index is 10.1. The summed E-state index contributed by atoms with van der Waals surface area (Å²) in [5.41, 5.74) is 0. The van der Waals surface area contributed by atoms with Crippen molar-refractivity contribution in [1.82, 2.24) is 0 Å². The molecule has 12 unspecified atom stereocenters. The summed E-state index contributed by atoms with van der Waals surface area (Å²) in [7, 11) is 0. The van der Waals surface area contributed by atoms with Gasteiger partial charge in [-0.05, 0) is 6.10 Å². The van der Waals surface area contributed by atoms with E-state index >= 15 is 0 Å². The molecule has 0 amide bonds. The zero-order valence-corrected chi connectivity index (χ0v) is 32.8. The van der Waals surface area contributed by atoms with Crippen LogP contribution in [0.2, 0.25) is 0 Å². The molecule has 0 saturated carbocycles. The molecule has 248 valence electrons. The summed E-state index contributed by atoms with van der Waals surface area (Å²) in [5, 5.41) is 149. The number of carboxylic acids is 5. The van der Waals surface area contributed by atoms with Crippen molar-refractivity contribution in [2.24, 2.45) is 0 Å². The van der Waals surface area contributed by atoms with Gasteiger partial charge in [0.15, 0.2) is 18.3 Å². The Morgan fingerprint density at radius 2 is 0.600 bits per heavy atom. The summed E-state index contributed by atoms with van der Waals surface area (Å²) in [4.78, 5) is 59.9. The van der Waals surface area contributed by atoms with Crippen molar-refractivity contribution < 1.29 is 275 Å². The Balaban J connectivity index is -0.0000000922. The zero-order chi connectivity index (χ0) is 33.5. The summed E-state index contributed by atoms with van der Waals surface area (Å²) in [6, 6.07) is 0. The normalized spacial score (nSPS) is 17.9. The molecule has 0 aliphatic rings. The number of carbonyl (C=O) groups is 5. The minimum absolute atomic E-state index is 0. The molecule has 0 heterocycles. The summed E-state index contributed by atoms with van der Waals surface area (Å²) in [6.45, 7) is 0. The van der Waals surface area contributed by atoms with Crippen LogP contribution in [0, 0.1) is 0 Å². The predicted molar refractivity (Wildman–Crippen MR) is 116 cm³/mol. The number of aliphatic hydroxyl groups excluding tert-OH is 12. The van der Waals surface area contributed by atoms with Gasteiger partial charge in [0, 0.05) is 0 Å². The molecule has 0 rings (SSSR count). The zero-order valence-electron chi connectivity index (χ0n) is 23.5. The SMILES string of the molecule is O=C(O)C(O)C(O)C(O)C(O)C(=O)O.O=C([O-])C(O)C(O)C(O)C(O)C(=O)O.O=[C-]C(O)C(O)C(O)C(O)C(=O)[O-].[K+].[K+].[K+].[OH3+]. The van der Waals surface area contributed by atoms with Crippen LogP contribution in [0.15, 0.2) is 0 Å². The minimum atomic E-state index is -2.47. The van der Waals surface area contributed by atoms with E-state index in [9.17, 15) is 39.0 Å². The fraction of sp³-hybridized carbons (Fsp3) is 0.667. The Bertz CT molecular complexity index is 782. The fourth-order valence-electron chi connectivity index (χ4n) is 1.91. The number of rotatable bonds is 15. The van der Waals surface area contributed by atoms with Crippen molar-refractivity contribution in [3.8, 4) is 0 Å². The third-order valence-electron chi connectivity index (χ3n) is 4.35. The second-order valence-corrected chi connectivity index (χ2v) is 7.38. The first-order valence-electron chi connectivity index (χ1n) is 10.1. The van der Waals surface area contributed by atoms with Crippen LogP contribution < -0.4 is 164 Å². The first-order chi connectivity index (χ1) is 18.5. The van der Waals surface area contributed by atoms with Gasteiger partial charge >= 0.3 is 172 Å². The van der Waals surface area contributed by atoms with Crippen molar-refractivity contribution in [2.75, 3.05) is 0 Å². The minimum Gasteiger partial charge on any atom is -0.547 e. The van der Waals surface area contributed by atoms with Gasteiger partial charge in [-0.15, -0.1) is 0 Å². The molecule has 0 aromatic heterocycles. The van der Waals surface area contributed by atoms with E-state index in [2.05, 4.69) is 0 Å². The summed E-state index contributed by atoms with van der Waals surface area (Å²) < 4.78 is 0. The molecule has 45 heavy (non-hydrogen) atoms. The number of carbonyl (C=O) groups excluding carboxylic acids is 3. The number of hydrogen-bond donors (Lipinski definition) is 15. The van der Waals surface area contributed by atoms with Crippen molar-refractivity contribution in [3.63, 3.8) is 0 Å². The number of carboxylic acid groups (broad SMARTS) is 5. The Hall–Kier alpha value is 1.41. The first-order valence-corrected chi connectivity index (χ1v) is 10.1. The van der Waals surface area contributed by atoms with Crippen LogP contribution in [0.25, 0.3) is 0 Å². The second kappa shape index (κ2) is 31.4. The van der Waals surface area contributed by atoms with Gasteiger partial charge in [0.2, 0.25) is 0 Å². The third-order valence-corrected chi connectivity index (χ3v) is 4.35. The van der Waals surface area contributed by atoms with E-state index in [-0.39, 0.29) is 160 Å². The Labute approximate surface area is 378 Å². The van der Waals surface area contributed by atoms with Gasteiger partial charge in [-0.3, -0.25) is 0 Å². The molecule has 0 aromatic carbocycles. The van der Waals surface area contributed by atoms with Crippen LogP contribution in [0.3, 0.4) is 0 Å². The van der Waals surface area contributed by atoms with Crippen LogP contribution in [0.5, 0.6) is 0 Å². The first kappa shape index (κ1) is 61.6. The number of aliphatic hydroxyl groups is 12. The molecule has 27 heteroatoms. The Morgan fingerprint density at radius 1 is 0.422 bits per heavy atom. The van der Waals surface area contributed by atoms with Crippen LogP contribution in [-0.2, 0) is 34.2 Å². The van der Waals surface area contributed by atoms with Gasteiger partial charge in [0.05, 0.1) is 18.0 Å². The van der Waals surface area contributed by atoms with Crippen molar-refractivity contribution in [2.45, 2.75) is 73.2 Å². The molecule has 0 saturated heterocycles. The quantitative estimate of drug-likeness (QED) is 0.0420. The van der Waals surface area contributed by atoms with Crippen LogP contribution in [0.4, 0.5) is 0 Å². The molecule has 0 aliphatic heterocycles. The molecule has 0 fully saturated rings. The summed E-state index contributed by atoms with van der Waals surface area (Å²) in [5.74, 6) is -9.65. The van der Waals surface area contributed by atoms with Gasteiger partial charge in [0.1, 0.15) is 42.7 Å². The average Bonchev–Trinajstić information content (AvgIpc) is 2.92. The van der Waals surface area contributed by atoms with E-state index in [1.807, 2.05) is 0 Å². The smallest absolute Gasteiger partial charge is 0.547 e. The van der Waals surface area contributed by atoms with Crippen LogP contribution >= 0.6 is 0 Å². The number of hydrogen-bond acceptors (Lipinski definition) is 20. The molecule has 0 aliphatic carbocycles.